The second-order valence-electron chi connectivity index (χ2n) is 8.40. The van der Waals surface area contributed by atoms with Gasteiger partial charge < -0.3 is 9.80 Å². The second kappa shape index (κ2) is 9.90. The molecule has 2 amide bonds. The van der Waals surface area contributed by atoms with Crippen LogP contribution < -0.4 is 0 Å². The molecular weight excluding hydrogens is 348 g/mol. The monoisotopic (exact) mass is 382 g/mol. The Morgan fingerprint density at radius 1 is 1.11 bits per heavy atom. The van der Waals surface area contributed by atoms with Gasteiger partial charge in [0.25, 0.3) is 0 Å². The van der Waals surface area contributed by atoms with Gasteiger partial charge in [0.1, 0.15) is 0 Å². The average Bonchev–Trinajstić information content (AvgIpc) is 2.72. The standard InChI is InChI=1S/C24H34N2O2/c1-19(2)26(18-20-10-4-3-5-11-20)24(28)16-8-15-23(27)25-17-9-13-21-12-6-7-14-22(21)25/h3-5,10-11,14,19,21H,6-9,12-13,15-18H2,1-2H3. The van der Waals surface area contributed by atoms with Crippen molar-refractivity contribution in [3.8, 4) is 0 Å². The molecule has 1 heterocycles. The van der Waals surface area contributed by atoms with E-state index in [-0.39, 0.29) is 17.9 Å². The quantitative estimate of drug-likeness (QED) is 0.673. The summed E-state index contributed by atoms with van der Waals surface area (Å²) in [6.45, 7) is 5.58. The molecule has 2 aliphatic rings. The van der Waals surface area contributed by atoms with Gasteiger partial charge in [0.05, 0.1) is 0 Å². The number of carbonyl (C=O) groups is 2. The Morgan fingerprint density at radius 3 is 2.61 bits per heavy atom. The third-order valence-electron chi connectivity index (χ3n) is 6.00. The number of amides is 2. The van der Waals surface area contributed by atoms with Crippen LogP contribution in [0.5, 0.6) is 0 Å². The first kappa shape index (κ1) is 20.6. The molecular formula is C24H34N2O2. The van der Waals surface area contributed by atoms with E-state index in [1.807, 2.05) is 28.0 Å². The second-order valence-corrected chi connectivity index (χ2v) is 8.40. The molecule has 0 N–H and O–H groups in total. The molecule has 152 valence electrons. The van der Waals surface area contributed by atoms with Crippen molar-refractivity contribution < 1.29 is 9.59 Å². The molecule has 1 aromatic rings. The minimum atomic E-state index is 0.139. The van der Waals surface area contributed by atoms with Crippen molar-refractivity contribution in [3.63, 3.8) is 0 Å². The smallest absolute Gasteiger partial charge is 0.226 e. The summed E-state index contributed by atoms with van der Waals surface area (Å²) in [6, 6.07) is 10.3. The SMILES string of the molecule is CC(C)N(Cc1ccccc1)C(=O)CCCC(=O)N1CCCC2CCCC=C21. The zero-order valence-corrected chi connectivity index (χ0v) is 17.4. The molecule has 4 heteroatoms. The summed E-state index contributed by atoms with van der Waals surface area (Å²) in [4.78, 5) is 29.5. The summed E-state index contributed by atoms with van der Waals surface area (Å²) < 4.78 is 0. The van der Waals surface area contributed by atoms with Gasteiger partial charge in [-0.3, -0.25) is 9.59 Å². The van der Waals surface area contributed by atoms with Crippen LogP contribution in [0.3, 0.4) is 0 Å². The zero-order chi connectivity index (χ0) is 19.9. The van der Waals surface area contributed by atoms with Crippen molar-refractivity contribution >= 4 is 11.8 Å². The Morgan fingerprint density at radius 2 is 1.86 bits per heavy atom. The Kier molecular flexibility index (Phi) is 7.30. The zero-order valence-electron chi connectivity index (χ0n) is 17.4. The van der Waals surface area contributed by atoms with Crippen molar-refractivity contribution in [2.45, 2.75) is 77.8 Å². The maximum absolute atomic E-state index is 12.8. The lowest BCUT2D eigenvalue weighted by Gasteiger charge is -2.38. The predicted molar refractivity (Wildman–Crippen MR) is 112 cm³/mol. The average molecular weight is 383 g/mol. The van der Waals surface area contributed by atoms with Crippen molar-refractivity contribution in [2.75, 3.05) is 6.54 Å². The highest BCUT2D eigenvalue weighted by Crippen LogP contribution is 2.35. The van der Waals surface area contributed by atoms with Crippen LogP contribution >= 0.6 is 0 Å². The number of fused-ring (bicyclic) bond motifs is 1. The van der Waals surface area contributed by atoms with Crippen LogP contribution in [0.15, 0.2) is 42.1 Å². The summed E-state index contributed by atoms with van der Waals surface area (Å²) in [5.41, 5.74) is 2.41. The van der Waals surface area contributed by atoms with Gasteiger partial charge in [-0.1, -0.05) is 36.4 Å². The summed E-state index contributed by atoms with van der Waals surface area (Å²) in [6.07, 6.45) is 9.69. The van der Waals surface area contributed by atoms with Gasteiger partial charge >= 0.3 is 0 Å². The molecule has 1 aromatic carbocycles. The van der Waals surface area contributed by atoms with E-state index in [4.69, 9.17) is 0 Å². The largest absolute Gasteiger partial charge is 0.336 e. The first-order chi connectivity index (χ1) is 13.6. The number of carbonyl (C=O) groups excluding carboxylic acids is 2. The van der Waals surface area contributed by atoms with E-state index >= 15 is 0 Å². The van der Waals surface area contributed by atoms with E-state index in [1.54, 1.807) is 0 Å². The third kappa shape index (κ3) is 5.24. The fourth-order valence-corrected chi connectivity index (χ4v) is 4.45. The molecule has 0 radical (unpaired) electrons. The first-order valence-electron chi connectivity index (χ1n) is 10.9. The van der Waals surface area contributed by atoms with Crippen molar-refractivity contribution in [3.05, 3.63) is 47.7 Å². The molecule has 28 heavy (non-hydrogen) atoms. The van der Waals surface area contributed by atoms with E-state index in [1.165, 1.54) is 25.0 Å². The van der Waals surface area contributed by atoms with Crippen molar-refractivity contribution in [1.29, 1.82) is 0 Å². The molecule has 0 aromatic heterocycles. The van der Waals surface area contributed by atoms with E-state index in [9.17, 15) is 9.59 Å². The van der Waals surface area contributed by atoms with Crippen LogP contribution in [-0.4, -0.2) is 34.2 Å². The normalized spacial score (nSPS) is 19.2. The predicted octanol–water partition coefficient (Wildman–Crippen LogP) is 4.90. The molecule has 1 unspecified atom stereocenters. The topological polar surface area (TPSA) is 40.6 Å². The van der Waals surface area contributed by atoms with E-state index < -0.39 is 0 Å². The number of benzene rings is 1. The lowest BCUT2D eigenvalue weighted by atomic mass is 9.85. The van der Waals surface area contributed by atoms with Crippen LogP contribution in [0.1, 0.15) is 70.8 Å². The molecule has 1 fully saturated rings. The Balaban J connectivity index is 1.50. The number of piperidine rings is 1. The number of likely N-dealkylation sites (tertiary alicyclic amines) is 1. The first-order valence-corrected chi connectivity index (χ1v) is 10.9. The lowest BCUT2D eigenvalue weighted by molar-refractivity contribution is -0.134. The number of nitrogens with zero attached hydrogens (tertiary/aromatic N) is 2. The van der Waals surface area contributed by atoms with Gasteiger partial charge in [-0.15, -0.1) is 0 Å². The molecule has 0 spiro atoms. The molecule has 1 aliphatic carbocycles. The number of allylic oxidation sites excluding steroid dienone is 2. The maximum atomic E-state index is 12.8. The molecule has 1 atom stereocenters. The number of hydrogen-bond donors (Lipinski definition) is 0. The summed E-state index contributed by atoms with van der Waals surface area (Å²) in [5, 5.41) is 0. The van der Waals surface area contributed by atoms with Gasteiger partial charge in [0.2, 0.25) is 11.8 Å². The summed E-state index contributed by atoms with van der Waals surface area (Å²) in [5.74, 6) is 0.917. The summed E-state index contributed by atoms with van der Waals surface area (Å²) in [7, 11) is 0. The van der Waals surface area contributed by atoms with E-state index in [2.05, 4.69) is 32.1 Å². The van der Waals surface area contributed by atoms with Crippen LogP contribution in [-0.2, 0) is 16.1 Å². The highest BCUT2D eigenvalue weighted by atomic mass is 16.2. The molecule has 0 saturated carbocycles. The molecule has 1 aliphatic heterocycles. The van der Waals surface area contributed by atoms with Gasteiger partial charge in [0.15, 0.2) is 0 Å². The Labute approximate surface area is 169 Å². The molecule has 1 saturated heterocycles. The van der Waals surface area contributed by atoms with E-state index in [0.717, 1.165) is 24.9 Å². The Bertz CT molecular complexity index is 696. The fraction of sp³-hybridized carbons (Fsp3) is 0.583. The van der Waals surface area contributed by atoms with Crippen LogP contribution in [0.25, 0.3) is 0 Å². The van der Waals surface area contributed by atoms with Crippen LogP contribution in [0, 0.1) is 5.92 Å². The molecule has 0 bridgehead atoms. The van der Waals surface area contributed by atoms with Crippen molar-refractivity contribution in [1.82, 2.24) is 9.80 Å². The van der Waals surface area contributed by atoms with E-state index in [0.29, 0.717) is 31.7 Å². The molecule has 4 nitrogen and oxygen atoms in total. The molecule has 3 rings (SSSR count). The number of hydrogen-bond acceptors (Lipinski definition) is 2. The Hall–Kier alpha value is -2.10. The third-order valence-corrected chi connectivity index (χ3v) is 6.00. The number of rotatable bonds is 7. The highest BCUT2D eigenvalue weighted by Gasteiger charge is 2.30. The minimum absolute atomic E-state index is 0.139. The van der Waals surface area contributed by atoms with Gasteiger partial charge in [-0.2, -0.15) is 0 Å². The van der Waals surface area contributed by atoms with Gasteiger partial charge in [-0.25, -0.2) is 0 Å². The lowest BCUT2D eigenvalue weighted by Crippen LogP contribution is -2.39. The van der Waals surface area contributed by atoms with Crippen molar-refractivity contribution in [2.24, 2.45) is 5.92 Å². The minimum Gasteiger partial charge on any atom is -0.336 e. The fourth-order valence-electron chi connectivity index (χ4n) is 4.45. The van der Waals surface area contributed by atoms with Crippen LogP contribution in [0.2, 0.25) is 0 Å². The summed E-state index contributed by atoms with van der Waals surface area (Å²) >= 11 is 0. The highest BCUT2D eigenvalue weighted by molar-refractivity contribution is 5.80. The van der Waals surface area contributed by atoms with Gasteiger partial charge in [-0.05, 0) is 63.9 Å². The van der Waals surface area contributed by atoms with Crippen LogP contribution in [0.4, 0.5) is 0 Å². The maximum Gasteiger partial charge on any atom is 0.226 e. The van der Waals surface area contributed by atoms with Gasteiger partial charge in [0, 0.05) is 37.7 Å².